The number of nitro benzene ring substituents is 1. The lowest BCUT2D eigenvalue weighted by atomic mass is 10.0. The van der Waals surface area contributed by atoms with Crippen molar-refractivity contribution in [2.75, 3.05) is 0 Å². The Labute approximate surface area is 123 Å². The van der Waals surface area contributed by atoms with Gasteiger partial charge in [-0.05, 0) is 35.8 Å². The first-order valence-electron chi connectivity index (χ1n) is 7.11. The number of hydrogen-bond acceptors (Lipinski definition) is 3. The van der Waals surface area contributed by atoms with Crippen LogP contribution < -0.4 is 0 Å². The van der Waals surface area contributed by atoms with Crippen molar-refractivity contribution < 1.29 is 10.0 Å². The largest absolute Gasteiger partial charge is 0.392 e. The molecule has 1 N–H and O–H groups in total. The lowest BCUT2D eigenvalue weighted by Crippen LogP contribution is -2.14. The number of non-ortho nitro benzene ring substituents is 1. The van der Waals surface area contributed by atoms with E-state index >= 15 is 0 Å². The minimum absolute atomic E-state index is 0.0850. The Hall–Kier alpha value is -2.20. The van der Waals surface area contributed by atoms with E-state index in [0.29, 0.717) is 18.3 Å². The van der Waals surface area contributed by atoms with Gasteiger partial charge in [0.2, 0.25) is 0 Å². The second-order valence-corrected chi connectivity index (χ2v) is 5.61. The second kappa shape index (κ2) is 5.66. The summed E-state index contributed by atoms with van der Waals surface area (Å²) in [5, 5.41) is 20.9. The van der Waals surface area contributed by atoms with Crippen LogP contribution in [0.25, 0.3) is 0 Å². The van der Waals surface area contributed by atoms with Gasteiger partial charge in [-0.1, -0.05) is 42.5 Å². The number of aliphatic hydroxyl groups excluding tert-OH is 1. The monoisotopic (exact) mass is 283 g/mol. The highest BCUT2D eigenvalue weighted by molar-refractivity contribution is 5.33. The van der Waals surface area contributed by atoms with E-state index in [-0.39, 0.29) is 5.69 Å². The third kappa shape index (κ3) is 3.11. The molecule has 1 saturated carbocycles. The van der Waals surface area contributed by atoms with Crippen molar-refractivity contribution in [3.8, 4) is 0 Å². The number of hydrogen-bond donors (Lipinski definition) is 1. The second-order valence-electron chi connectivity index (χ2n) is 5.61. The number of benzene rings is 2. The number of aliphatic hydroxyl groups is 1. The van der Waals surface area contributed by atoms with Gasteiger partial charge in [0.25, 0.3) is 5.69 Å². The fourth-order valence-electron chi connectivity index (χ4n) is 2.87. The molecule has 3 rings (SSSR count). The van der Waals surface area contributed by atoms with Gasteiger partial charge in [-0.25, -0.2) is 0 Å². The standard InChI is InChI=1S/C17H17NO3/c19-17(10-12-6-8-14(9-7-12)18(20)21)16-11-15(16)13-4-2-1-3-5-13/h1-9,15-17,19H,10-11H2. The summed E-state index contributed by atoms with van der Waals surface area (Å²) in [6.07, 6.45) is 1.17. The third-order valence-electron chi connectivity index (χ3n) is 4.15. The Balaban J connectivity index is 1.60. The van der Waals surface area contributed by atoms with E-state index in [2.05, 4.69) is 12.1 Å². The predicted molar refractivity (Wildman–Crippen MR) is 80.1 cm³/mol. The van der Waals surface area contributed by atoms with Gasteiger partial charge in [-0.2, -0.15) is 0 Å². The molecule has 4 nitrogen and oxygen atoms in total. The molecule has 3 unspecified atom stereocenters. The van der Waals surface area contributed by atoms with Crippen molar-refractivity contribution in [1.82, 2.24) is 0 Å². The minimum atomic E-state index is -0.410. The van der Waals surface area contributed by atoms with Gasteiger partial charge in [0.05, 0.1) is 11.0 Å². The third-order valence-corrected chi connectivity index (χ3v) is 4.15. The normalized spacial score (nSPS) is 21.8. The van der Waals surface area contributed by atoms with Crippen LogP contribution >= 0.6 is 0 Å². The highest BCUT2D eigenvalue weighted by atomic mass is 16.6. The number of nitrogens with zero attached hydrogens (tertiary/aromatic N) is 1. The van der Waals surface area contributed by atoms with E-state index in [1.54, 1.807) is 12.1 Å². The van der Waals surface area contributed by atoms with E-state index in [1.165, 1.54) is 17.7 Å². The summed E-state index contributed by atoms with van der Waals surface area (Å²) in [7, 11) is 0. The zero-order valence-electron chi connectivity index (χ0n) is 11.6. The molecule has 0 aliphatic heterocycles. The average Bonchev–Trinajstić information content (AvgIpc) is 3.29. The van der Waals surface area contributed by atoms with Crippen LogP contribution in [0.3, 0.4) is 0 Å². The molecule has 2 aromatic carbocycles. The molecule has 0 aromatic heterocycles. The van der Waals surface area contributed by atoms with Crippen LogP contribution in [0.15, 0.2) is 54.6 Å². The predicted octanol–water partition coefficient (Wildman–Crippen LogP) is 3.30. The number of nitro groups is 1. The summed E-state index contributed by atoms with van der Waals surface area (Å²) in [6, 6.07) is 16.7. The lowest BCUT2D eigenvalue weighted by Gasteiger charge is -2.10. The first-order valence-corrected chi connectivity index (χ1v) is 7.11. The van der Waals surface area contributed by atoms with Crippen LogP contribution in [-0.2, 0) is 6.42 Å². The molecule has 1 aliphatic carbocycles. The molecule has 0 radical (unpaired) electrons. The fourth-order valence-corrected chi connectivity index (χ4v) is 2.87. The van der Waals surface area contributed by atoms with E-state index in [4.69, 9.17) is 0 Å². The Bertz CT molecular complexity index is 624. The molecule has 108 valence electrons. The fraction of sp³-hybridized carbons (Fsp3) is 0.294. The van der Waals surface area contributed by atoms with Gasteiger partial charge in [0.1, 0.15) is 0 Å². The Morgan fingerprint density at radius 1 is 1.14 bits per heavy atom. The Morgan fingerprint density at radius 3 is 2.43 bits per heavy atom. The van der Waals surface area contributed by atoms with Crippen molar-refractivity contribution in [3.05, 3.63) is 75.8 Å². The SMILES string of the molecule is O=[N+]([O-])c1ccc(CC(O)C2CC2c2ccccc2)cc1. The summed E-state index contributed by atoms with van der Waals surface area (Å²) in [4.78, 5) is 10.2. The van der Waals surface area contributed by atoms with Crippen LogP contribution in [0.5, 0.6) is 0 Å². The topological polar surface area (TPSA) is 63.4 Å². The van der Waals surface area contributed by atoms with Crippen LogP contribution in [0.2, 0.25) is 0 Å². The zero-order chi connectivity index (χ0) is 14.8. The van der Waals surface area contributed by atoms with Crippen molar-refractivity contribution in [2.24, 2.45) is 5.92 Å². The summed E-state index contributed by atoms with van der Waals surface area (Å²) >= 11 is 0. The van der Waals surface area contributed by atoms with Crippen LogP contribution in [-0.4, -0.2) is 16.1 Å². The molecule has 0 saturated heterocycles. The van der Waals surface area contributed by atoms with Gasteiger partial charge in [-0.3, -0.25) is 10.1 Å². The van der Waals surface area contributed by atoms with Gasteiger partial charge in [0.15, 0.2) is 0 Å². The molecule has 21 heavy (non-hydrogen) atoms. The van der Waals surface area contributed by atoms with E-state index in [9.17, 15) is 15.2 Å². The lowest BCUT2D eigenvalue weighted by molar-refractivity contribution is -0.384. The highest BCUT2D eigenvalue weighted by Crippen LogP contribution is 2.50. The first kappa shape index (κ1) is 13.8. The minimum Gasteiger partial charge on any atom is -0.392 e. The van der Waals surface area contributed by atoms with Crippen LogP contribution in [0, 0.1) is 16.0 Å². The molecule has 1 aliphatic rings. The first-order chi connectivity index (χ1) is 10.1. The van der Waals surface area contributed by atoms with Gasteiger partial charge >= 0.3 is 0 Å². The van der Waals surface area contributed by atoms with E-state index in [0.717, 1.165) is 12.0 Å². The quantitative estimate of drug-likeness (QED) is 0.676. The average molecular weight is 283 g/mol. The molecule has 4 heteroatoms. The smallest absolute Gasteiger partial charge is 0.269 e. The maximum atomic E-state index is 10.6. The van der Waals surface area contributed by atoms with Gasteiger partial charge in [0, 0.05) is 12.1 Å². The van der Waals surface area contributed by atoms with E-state index in [1.807, 2.05) is 18.2 Å². The molecule has 3 atom stereocenters. The molecular formula is C17H17NO3. The van der Waals surface area contributed by atoms with Crippen molar-refractivity contribution in [1.29, 1.82) is 0 Å². The molecule has 0 bridgehead atoms. The van der Waals surface area contributed by atoms with Gasteiger partial charge in [-0.15, -0.1) is 0 Å². The maximum Gasteiger partial charge on any atom is 0.269 e. The summed E-state index contributed by atoms with van der Waals surface area (Å²) < 4.78 is 0. The maximum absolute atomic E-state index is 10.6. The molecule has 0 amide bonds. The Kier molecular flexibility index (Phi) is 3.71. The molecule has 1 fully saturated rings. The number of rotatable bonds is 5. The Morgan fingerprint density at radius 2 is 1.81 bits per heavy atom. The summed E-state index contributed by atoms with van der Waals surface area (Å²) in [5.41, 5.74) is 2.30. The van der Waals surface area contributed by atoms with Gasteiger partial charge < -0.3 is 5.11 Å². The summed E-state index contributed by atoms with van der Waals surface area (Å²) in [5.74, 6) is 0.738. The van der Waals surface area contributed by atoms with Crippen LogP contribution in [0.1, 0.15) is 23.5 Å². The molecular weight excluding hydrogens is 266 g/mol. The molecule has 0 spiro atoms. The zero-order valence-corrected chi connectivity index (χ0v) is 11.6. The highest BCUT2D eigenvalue weighted by Gasteiger charge is 2.42. The molecule has 2 aromatic rings. The van der Waals surface area contributed by atoms with Crippen molar-refractivity contribution in [2.45, 2.75) is 24.9 Å². The molecule has 0 heterocycles. The summed E-state index contributed by atoms with van der Waals surface area (Å²) in [6.45, 7) is 0. The van der Waals surface area contributed by atoms with E-state index < -0.39 is 11.0 Å². The van der Waals surface area contributed by atoms with Crippen LogP contribution in [0.4, 0.5) is 5.69 Å². The van der Waals surface area contributed by atoms with Crippen molar-refractivity contribution >= 4 is 5.69 Å². The van der Waals surface area contributed by atoms with Crippen molar-refractivity contribution in [3.63, 3.8) is 0 Å².